The van der Waals surface area contributed by atoms with E-state index in [1.165, 1.54) is 11.0 Å². The number of nitrogens with zero attached hydrogens (tertiary/aromatic N) is 1. The summed E-state index contributed by atoms with van der Waals surface area (Å²) >= 11 is 0. The summed E-state index contributed by atoms with van der Waals surface area (Å²) in [5.41, 5.74) is 6.06. The van der Waals surface area contributed by atoms with Gasteiger partial charge in [0.2, 0.25) is 5.91 Å². The maximum atomic E-state index is 13.6. The van der Waals surface area contributed by atoms with Gasteiger partial charge in [0, 0.05) is 31.8 Å². The zero-order valence-electron chi connectivity index (χ0n) is 10.9. The minimum atomic E-state index is -0.388. The van der Waals surface area contributed by atoms with Crippen LogP contribution in [0.1, 0.15) is 24.9 Å². The van der Waals surface area contributed by atoms with Crippen molar-refractivity contribution in [3.8, 4) is 5.75 Å². The SMILES string of the molecule is CC(N)c1ccc(OCCC(=O)N(C)C)cc1F. The van der Waals surface area contributed by atoms with Gasteiger partial charge in [-0.3, -0.25) is 4.79 Å². The standard InChI is InChI=1S/C13H19FN2O2/c1-9(15)11-5-4-10(8-12(11)14)18-7-6-13(17)16(2)3/h4-5,8-9H,6-7,15H2,1-3H3. The summed E-state index contributed by atoms with van der Waals surface area (Å²) in [7, 11) is 3.36. The molecule has 18 heavy (non-hydrogen) atoms. The van der Waals surface area contributed by atoms with Crippen LogP contribution in [0.15, 0.2) is 18.2 Å². The van der Waals surface area contributed by atoms with Gasteiger partial charge in [-0.05, 0) is 13.0 Å². The lowest BCUT2D eigenvalue weighted by atomic mass is 10.1. The van der Waals surface area contributed by atoms with Crippen LogP contribution >= 0.6 is 0 Å². The third-order valence-corrected chi connectivity index (χ3v) is 2.55. The third-order valence-electron chi connectivity index (χ3n) is 2.55. The number of hydrogen-bond acceptors (Lipinski definition) is 3. The normalized spacial score (nSPS) is 12.1. The van der Waals surface area contributed by atoms with Crippen LogP contribution in [-0.2, 0) is 4.79 Å². The van der Waals surface area contributed by atoms with Crippen LogP contribution in [-0.4, -0.2) is 31.5 Å². The quantitative estimate of drug-likeness (QED) is 0.870. The van der Waals surface area contributed by atoms with E-state index in [1.54, 1.807) is 33.2 Å². The second-order valence-electron chi connectivity index (χ2n) is 4.36. The summed E-state index contributed by atoms with van der Waals surface area (Å²) in [6.45, 7) is 1.95. The van der Waals surface area contributed by atoms with Gasteiger partial charge in [-0.25, -0.2) is 4.39 Å². The first-order valence-corrected chi connectivity index (χ1v) is 5.79. The van der Waals surface area contributed by atoms with Crippen LogP contribution in [0.4, 0.5) is 4.39 Å². The van der Waals surface area contributed by atoms with Gasteiger partial charge in [0.15, 0.2) is 0 Å². The molecule has 1 unspecified atom stereocenters. The Bertz CT molecular complexity index is 419. The topological polar surface area (TPSA) is 55.6 Å². The molecule has 1 rings (SSSR count). The lowest BCUT2D eigenvalue weighted by Crippen LogP contribution is -2.23. The smallest absolute Gasteiger partial charge is 0.225 e. The highest BCUT2D eigenvalue weighted by Gasteiger charge is 2.09. The van der Waals surface area contributed by atoms with Gasteiger partial charge >= 0.3 is 0 Å². The molecule has 0 heterocycles. The van der Waals surface area contributed by atoms with Crippen molar-refractivity contribution in [2.45, 2.75) is 19.4 Å². The molecule has 0 radical (unpaired) electrons. The largest absolute Gasteiger partial charge is 0.493 e. The Morgan fingerprint density at radius 2 is 2.17 bits per heavy atom. The first-order valence-electron chi connectivity index (χ1n) is 5.79. The van der Waals surface area contributed by atoms with Gasteiger partial charge < -0.3 is 15.4 Å². The second kappa shape index (κ2) is 6.35. The van der Waals surface area contributed by atoms with E-state index in [9.17, 15) is 9.18 Å². The van der Waals surface area contributed by atoms with Gasteiger partial charge in [0.05, 0.1) is 13.0 Å². The van der Waals surface area contributed by atoms with Gasteiger partial charge in [-0.1, -0.05) is 6.07 Å². The predicted molar refractivity (Wildman–Crippen MR) is 67.8 cm³/mol. The Morgan fingerprint density at radius 1 is 1.50 bits per heavy atom. The van der Waals surface area contributed by atoms with Crippen molar-refractivity contribution in [2.75, 3.05) is 20.7 Å². The summed E-state index contributed by atoms with van der Waals surface area (Å²) < 4.78 is 18.9. The molecule has 4 nitrogen and oxygen atoms in total. The van der Waals surface area contributed by atoms with Crippen LogP contribution in [0.5, 0.6) is 5.75 Å². The van der Waals surface area contributed by atoms with Crippen LogP contribution in [0.25, 0.3) is 0 Å². The zero-order chi connectivity index (χ0) is 13.7. The molecule has 1 amide bonds. The fourth-order valence-corrected chi connectivity index (χ4v) is 1.45. The molecule has 0 aliphatic rings. The molecule has 1 aromatic carbocycles. The average molecular weight is 254 g/mol. The Morgan fingerprint density at radius 3 is 2.67 bits per heavy atom. The first kappa shape index (κ1) is 14.4. The number of carbonyl (C=O) groups excluding carboxylic acids is 1. The van der Waals surface area contributed by atoms with E-state index in [0.29, 0.717) is 11.3 Å². The number of hydrogen-bond donors (Lipinski definition) is 1. The molecule has 0 fully saturated rings. The van der Waals surface area contributed by atoms with E-state index >= 15 is 0 Å². The minimum absolute atomic E-state index is 0.0253. The number of ether oxygens (including phenoxy) is 1. The molecule has 0 saturated heterocycles. The molecule has 5 heteroatoms. The molecule has 100 valence electrons. The van der Waals surface area contributed by atoms with Crippen molar-refractivity contribution in [3.05, 3.63) is 29.6 Å². The number of nitrogens with two attached hydrogens (primary N) is 1. The molecule has 0 saturated carbocycles. The van der Waals surface area contributed by atoms with Crippen molar-refractivity contribution < 1.29 is 13.9 Å². The molecule has 1 atom stereocenters. The molecular weight excluding hydrogens is 235 g/mol. The van der Waals surface area contributed by atoms with E-state index in [2.05, 4.69) is 0 Å². The maximum absolute atomic E-state index is 13.6. The minimum Gasteiger partial charge on any atom is -0.493 e. The van der Waals surface area contributed by atoms with Crippen molar-refractivity contribution in [1.82, 2.24) is 4.90 Å². The van der Waals surface area contributed by atoms with E-state index in [4.69, 9.17) is 10.5 Å². The highest BCUT2D eigenvalue weighted by molar-refractivity contribution is 5.75. The number of carbonyl (C=O) groups is 1. The Hall–Kier alpha value is -1.62. The molecule has 0 aromatic heterocycles. The summed E-state index contributed by atoms with van der Waals surface area (Å²) in [5, 5.41) is 0. The van der Waals surface area contributed by atoms with Crippen LogP contribution in [0.2, 0.25) is 0 Å². The van der Waals surface area contributed by atoms with Gasteiger partial charge in [-0.15, -0.1) is 0 Å². The molecule has 1 aromatic rings. The second-order valence-corrected chi connectivity index (χ2v) is 4.36. The van der Waals surface area contributed by atoms with E-state index in [1.807, 2.05) is 0 Å². The molecule has 0 aliphatic heterocycles. The van der Waals surface area contributed by atoms with E-state index in [-0.39, 0.29) is 30.8 Å². The first-order chi connectivity index (χ1) is 8.41. The number of amides is 1. The summed E-state index contributed by atoms with van der Waals surface area (Å²) in [6.07, 6.45) is 0.268. The predicted octanol–water partition coefficient (Wildman–Crippen LogP) is 1.70. The number of rotatable bonds is 5. The Labute approximate surface area is 107 Å². The maximum Gasteiger partial charge on any atom is 0.225 e. The van der Waals surface area contributed by atoms with Crippen LogP contribution < -0.4 is 10.5 Å². The van der Waals surface area contributed by atoms with Crippen LogP contribution in [0.3, 0.4) is 0 Å². The van der Waals surface area contributed by atoms with E-state index < -0.39 is 0 Å². The summed E-state index contributed by atoms with van der Waals surface area (Å²) in [6, 6.07) is 4.19. The number of halogens is 1. The van der Waals surface area contributed by atoms with Crippen molar-refractivity contribution in [2.24, 2.45) is 5.73 Å². The van der Waals surface area contributed by atoms with Crippen molar-refractivity contribution in [1.29, 1.82) is 0 Å². The number of benzene rings is 1. The van der Waals surface area contributed by atoms with Gasteiger partial charge in [0.1, 0.15) is 11.6 Å². The van der Waals surface area contributed by atoms with Crippen molar-refractivity contribution in [3.63, 3.8) is 0 Å². The summed E-state index contributed by atoms with van der Waals surface area (Å²) in [5.74, 6) is -0.00688. The highest BCUT2D eigenvalue weighted by Crippen LogP contribution is 2.20. The molecule has 0 bridgehead atoms. The van der Waals surface area contributed by atoms with Gasteiger partial charge in [0.25, 0.3) is 0 Å². The van der Waals surface area contributed by atoms with Crippen molar-refractivity contribution >= 4 is 5.91 Å². The van der Waals surface area contributed by atoms with E-state index in [0.717, 1.165) is 0 Å². The lowest BCUT2D eigenvalue weighted by Gasteiger charge is -2.12. The highest BCUT2D eigenvalue weighted by atomic mass is 19.1. The zero-order valence-corrected chi connectivity index (χ0v) is 10.9. The average Bonchev–Trinajstić information content (AvgIpc) is 2.28. The Kier molecular flexibility index (Phi) is 5.09. The van der Waals surface area contributed by atoms with Crippen LogP contribution in [0, 0.1) is 5.82 Å². The molecule has 0 spiro atoms. The fourth-order valence-electron chi connectivity index (χ4n) is 1.45. The molecule has 0 aliphatic carbocycles. The monoisotopic (exact) mass is 254 g/mol. The van der Waals surface area contributed by atoms with Gasteiger partial charge in [-0.2, -0.15) is 0 Å². The third kappa shape index (κ3) is 4.00. The summed E-state index contributed by atoms with van der Waals surface area (Å²) in [4.78, 5) is 12.8. The molecular formula is C13H19FN2O2. The Balaban J connectivity index is 2.54. The lowest BCUT2D eigenvalue weighted by molar-refractivity contribution is -0.129. The molecule has 2 N–H and O–H groups in total. The fraction of sp³-hybridized carbons (Fsp3) is 0.462.